The van der Waals surface area contributed by atoms with E-state index in [4.69, 9.17) is 4.74 Å². The highest BCUT2D eigenvalue weighted by Gasteiger charge is 2.28. The molecule has 1 amide bonds. The molecule has 1 aliphatic rings. The fraction of sp³-hybridized carbons (Fsp3) is 0.263. The van der Waals surface area contributed by atoms with E-state index in [0.29, 0.717) is 29.4 Å². The third-order valence-electron chi connectivity index (χ3n) is 4.33. The highest BCUT2D eigenvalue weighted by Crippen LogP contribution is 2.32. The lowest BCUT2D eigenvalue weighted by molar-refractivity contribution is 0.0917. The van der Waals surface area contributed by atoms with Gasteiger partial charge in [-0.1, -0.05) is 23.5 Å². The number of amides is 1. The lowest BCUT2D eigenvalue weighted by atomic mass is 10.2. The van der Waals surface area contributed by atoms with Gasteiger partial charge in [-0.2, -0.15) is 0 Å². The summed E-state index contributed by atoms with van der Waals surface area (Å²) in [4.78, 5) is 19.4. The summed E-state index contributed by atoms with van der Waals surface area (Å²) in [7, 11) is 0. The molecule has 0 bridgehead atoms. The lowest BCUT2D eigenvalue weighted by Crippen LogP contribution is -2.37. The standard InChI is InChI=1S/C19H16BrFN2O2S/c20-15-6-2-1-5-14(15)18(24)23(11-13-4-3-9-25-13)19-22-16-8-7-12(21)10-17(16)26-19/h1-2,5-8,10,13H,3-4,9,11H2. The molecule has 1 fully saturated rings. The number of aromatic nitrogens is 1. The quantitative estimate of drug-likeness (QED) is 0.578. The molecule has 0 aliphatic carbocycles. The fourth-order valence-electron chi connectivity index (χ4n) is 3.02. The van der Waals surface area contributed by atoms with Crippen molar-refractivity contribution < 1.29 is 13.9 Å². The highest BCUT2D eigenvalue weighted by atomic mass is 79.9. The van der Waals surface area contributed by atoms with Gasteiger partial charge in [0.15, 0.2) is 5.13 Å². The maximum Gasteiger partial charge on any atom is 0.261 e. The summed E-state index contributed by atoms with van der Waals surface area (Å²) in [6, 6.07) is 11.8. The van der Waals surface area contributed by atoms with E-state index in [-0.39, 0.29) is 17.8 Å². The third-order valence-corrected chi connectivity index (χ3v) is 6.06. The van der Waals surface area contributed by atoms with Crippen LogP contribution in [0.2, 0.25) is 0 Å². The number of thiazole rings is 1. The fourth-order valence-corrected chi connectivity index (χ4v) is 4.47. The zero-order chi connectivity index (χ0) is 18.1. The van der Waals surface area contributed by atoms with Gasteiger partial charge in [-0.25, -0.2) is 9.37 Å². The van der Waals surface area contributed by atoms with Gasteiger partial charge in [0, 0.05) is 11.1 Å². The maximum absolute atomic E-state index is 13.5. The number of carbonyl (C=O) groups excluding carboxylic acids is 1. The van der Waals surface area contributed by atoms with Gasteiger partial charge in [0.05, 0.1) is 28.4 Å². The summed E-state index contributed by atoms with van der Waals surface area (Å²) in [5.74, 6) is -0.456. The van der Waals surface area contributed by atoms with Gasteiger partial charge in [0.2, 0.25) is 0 Å². The Bertz CT molecular complexity index is 956. The predicted molar refractivity (Wildman–Crippen MR) is 104 cm³/mol. The number of benzene rings is 2. The predicted octanol–water partition coefficient (Wildman–Crippen LogP) is 5.02. The first kappa shape index (κ1) is 17.6. The van der Waals surface area contributed by atoms with E-state index in [0.717, 1.165) is 22.0 Å². The van der Waals surface area contributed by atoms with Crippen molar-refractivity contribution in [3.63, 3.8) is 0 Å². The Morgan fingerprint density at radius 2 is 2.19 bits per heavy atom. The molecule has 2 aromatic carbocycles. The number of halogens is 2. The van der Waals surface area contributed by atoms with Crippen LogP contribution in [0, 0.1) is 5.82 Å². The van der Waals surface area contributed by atoms with Gasteiger partial charge < -0.3 is 4.74 Å². The van der Waals surface area contributed by atoms with Gasteiger partial charge in [-0.05, 0) is 59.1 Å². The topological polar surface area (TPSA) is 42.4 Å². The average Bonchev–Trinajstić information content (AvgIpc) is 3.28. The van der Waals surface area contributed by atoms with Crippen LogP contribution in [0.5, 0.6) is 0 Å². The first-order chi connectivity index (χ1) is 12.6. The number of fused-ring (bicyclic) bond motifs is 1. The van der Waals surface area contributed by atoms with E-state index in [1.165, 1.54) is 23.5 Å². The summed E-state index contributed by atoms with van der Waals surface area (Å²) in [6.45, 7) is 1.15. The van der Waals surface area contributed by atoms with Gasteiger partial charge in [-0.3, -0.25) is 9.69 Å². The van der Waals surface area contributed by atoms with Crippen molar-refractivity contribution >= 4 is 48.5 Å². The van der Waals surface area contributed by atoms with Gasteiger partial charge in [0.1, 0.15) is 5.82 Å². The Labute approximate surface area is 162 Å². The molecule has 1 aliphatic heterocycles. The van der Waals surface area contributed by atoms with E-state index >= 15 is 0 Å². The van der Waals surface area contributed by atoms with Crippen LogP contribution in [-0.4, -0.2) is 30.1 Å². The van der Waals surface area contributed by atoms with E-state index in [9.17, 15) is 9.18 Å². The summed E-state index contributed by atoms with van der Waals surface area (Å²) >= 11 is 4.76. The minimum atomic E-state index is -0.310. The number of rotatable bonds is 4. The molecule has 3 aromatic rings. The smallest absolute Gasteiger partial charge is 0.261 e. The van der Waals surface area contributed by atoms with Gasteiger partial charge in [-0.15, -0.1) is 0 Å². The Morgan fingerprint density at radius 1 is 1.35 bits per heavy atom. The molecule has 7 heteroatoms. The number of anilines is 1. The van der Waals surface area contributed by atoms with Crippen molar-refractivity contribution in [1.82, 2.24) is 4.98 Å². The molecule has 1 atom stereocenters. The zero-order valence-electron chi connectivity index (χ0n) is 13.8. The molecule has 134 valence electrons. The molecule has 0 radical (unpaired) electrons. The minimum absolute atomic E-state index is 0.00909. The Balaban J connectivity index is 1.73. The van der Waals surface area contributed by atoms with Gasteiger partial charge in [0.25, 0.3) is 5.91 Å². The second-order valence-corrected chi connectivity index (χ2v) is 8.00. The van der Waals surface area contributed by atoms with Crippen LogP contribution in [0.4, 0.5) is 9.52 Å². The average molecular weight is 435 g/mol. The number of nitrogens with zero attached hydrogens (tertiary/aromatic N) is 2. The molecule has 1 aromatic heterocycles. The largest absolute Gasteiger partial charge is 0.376 e. The van der Waals surface area contributed by atoms with Crippen LogP contribution in [0.15, 0.2) is 46.9 Å². The first-order valence-electron chi connectivity index (χ1n) is 8.36. The highest BCUT2D eigenvalue weighted by molar-refractivity contribution is 9.10. The van der Waals surface area contributed by atoms with E-state index < -0.39 is 0 Å². The molecule has 4 nitrogen and oxygen atoms in total. The molecule has 4 rings (SSSR count). The molecule has 26 heavy (non-hydrogen) atoms. The Morgan fingerprint density at radius 3 is 2.96 bits per heavy atom. The van der Waals surface area contributed by atoms with Crippen molar-refractivity contribution in [2.24, 2.45) is 0 Å². The lowest BCUT2D eigenvalue weighted by Gasteiger charge is -2.23. The van der Waals surface area contributed by atoms with Crippen molar-refractivity contribution in [3.05, 3.63) is 58.3 Å². The van der Waals surface area contributed by atoms with Crippen LogP contribution in [0.3, 0.4) is 0 Å². The second kappa shape index (κ2) is 7.42. The Kier molecular flexibility index (Phi) is 5.02. The minimum Gasteiger partial charge on any atom is -0.376 e. The molecule has 0 saturated carbocycles. The molecule has 1 unspecified atom stereocenters. The van der Waals surface area contributed by atoms with E-state index in [2.05, 4.69) is 20.9 Å². The summed E-state index contributed by atoms with van der Waals surface area (Å²) < 4.78 is 20.7. The number of ether oxygens (including phenoxy) is 1. The molecule has 0 spiro atoms. The van der Waals surface area contributed by atoms with E-state index in [1.54, 1.807) is 17.0 Å². The van der Waals surface area contributed by atoms with Crippen LogP contribution >= 0.6 is 27.3 Å². The van der Waals surface area contributed by atoms with Crippen LogP contribution in [-0.2, 0) is 4.74 Å². The molecular weight excluding hydrogens is 419 g/mol. The van der Waals surface area contributed by atoms with Crippen molar-refractivity contribution in [2.45, 2.75) is 18.9 Å². The summed E-state index contributed by atoms with van der Waals surface area (Å²) in [5.41, 5.74) is 1.25. The number of hydrogen-bond acceptors (Lipinski definition) is 4. The van der Waals surface area contributed by atoms with Crippen LogP contribution in [0.1, 0.15) is 23.2 Å². The van der Waals surface area contributed by atoms with Crippen molar-refractivity contribution in [1.29, 1.82) is 0 Å². The number of carbonyl (C=O) groups is 1. The monoisotopic (exact) mass is 434 g/mol. The molecule has 1 saturated heterocycles. The number of hydrogen-bond donors (Lipinski definition) is 0. The maximum atomic E-state index is 13.5. The molecule has 2 heterocycles. The van der Waals surface area contributed by atoms with Crippen molar-refractivity contribution in [2.75, 3.05) is 18.1 Å². The second-order valence-electron chi connectivity index (χ2n) is 6.14. The van der Waals surface area contributed by atoms with Crippen LogP contribution < -0.4 is 4.90 Å². The first-order valence-corrected chi connectivity index (χ1v) is 9.97. The molecular formula is C19H16BrFN2O2S. The van der Waals surface area contributed by atoms with Crippen LogP contribution in [0.25, 0.3) is 10.2 Å². The normalized spacial score (nSPS) is 16.9. The SMILES string of the molecule is O=C(c1ccccc1Br)N(CC1CCCO1)c1nc2ccc(F)cc2s1. The summed E-state index contributed by atoms with van der Waals surface area (Å²) in [6.07, 6.45) is 1.90. The Hall–Kier alpha value is -1.83. The third kappa shape index (κ3) is 3.51. The van der Waals surface area contributed by atoms with Crippen molar-refractivity contribution in [3.8, 4) is 0 Å². The molecule has 0 N–H and O–H groups in total. The van der Waals surface area contributed by atoms with Gasteiger partial charge >= 0.3 is 0 Å². The summed E-state index contributed by atoms with van der Waals surface area (Å²) in [5, 5.41) is 0.557. The van der Waals surface area contributed by atoms with E-state index in [1.807, 2.05) is 18.2 Å². The zero-order valence-corrected chi connectivity index (χ0v) is 16.2.